The molecule has 1 aliphatic heterocycles. The molecule has 1 aromatic rings. The largest absolute Gasteiger partial charge is 0.447 e. The van der Waals surface area contributed by atoms with E-state index >= 15 is 0 Å². The van der Waals surface area contributed by atoms with Gasteiger partial charge in [-0.25, -0.2) is 4.98 Å². The van der Waals surface area contributed by atoms with Crippen LogP contribution in [0.1, 0.15) is 48.4 Å². The summed E-state index contributed by atoms with van der Waals surface area (Å²) in [6.45, 7) is 2.15. The zero-order valence-corrected chi connectivity index (χ0v) is 12.4. The van der Waals surface area contributed by atoms with Gasteiger partial charge in [-0.15, -0.1) is 0 Å². The highest BCUT2D eigenvalue weighted by Gasteiger charge is 2.55. The Morgan fingerprint density at radius 3 is 2.77 bits per heavy atom. The summed E-state index contributed by atoms with van der Waals surface area (Å²) in [6, 6.07) is -0.266. The van der Waals surface area contributed by atoms with E-state index in [4.69, 9.17) is 9.15 Å². The van der Waals surface area contributed by atoms with Crippen molar-refractivity contribution in [3.8, 4) is 0 Å². The molecule has 4 unspecified atom stereocenters. The third-order valence-electron chi connectivity index (χ3n) is 4.81. The molecule has 118 valence electrons. The molecule has 3 aliphatic rings. The Kier molecular flexibility index (Phi) is 3.18. The summed E-state index contributed by atoms with van der Waals surface area (Å²) in [5, 5.41) is 5.89. The molecule has 7 nitrogen and oxygen atoms in total. The van der Waals surface area contributed by atoms with Gasteiger partial charge in [0.15, 0.2) is 12.1 Å². The summed E-state index contributed by atoms with van der Waals surface area (Å²) in [7, 11) is 0. The second-order valence-corrected chi connectivity index (χ2v) is 6.35. The minimum absolute atomic E-state index is 0.00871. The Hall–Kier alpha value is -1.89. The van der Waals surface area contributed by atoms with Crippen LogP contribution in [0.2, 0.25) is 0 Å². The van der Waals surface area contributed by atoms with E-state index < -0.39 is 0 Å². The molecule has 4 rings (SSSR count). The molecule has 2 amide bonds. The van der Waals surface area contributed by atoms with Crippen molar-refractivity contribution in [1.82, 2.24) is 15.6 Å². The lowest BCUT2D eigenvalue weighted by atomic mass is 9.71. The fraction of sp³-hybridized carbons (Fsp3) is 0.667. The van der Waals surface area contributed by atoms with Crippen molar-refractivity contribution < 1.29 is 18.7 Å². The maximum atomic E-state index is 12.5. The van der Waals surface area contributed by atoms with E-state index in [0.717, 1.165) is 19.3 Å². The Morgan fingerprint density at radius 2 is 2.05 bits per heavy atom. The number of nitrogens with one attached hydrogen (secondary N) is 2. The lowest BCUT2D eigenvalue weighted by Crippen LogP contribution is -2.70. The van der Waals surface area contributed by atoms with Gasteiger partial charge in [0, 0.05) is 25.4 Å². The van der Waals surface area contributed by atoms with Crippen LogP contribution in [0, 0.1) is 5.92 Å². The molecule has 2 N–H and O–H groups in total. The minimum Gasteiger partial charge on any atom is -0.447 e. The second kappa shape index (κ2) is 5.08. The molecule has 4 atom stereocenters. The van der Waals surface area contributed by atoms with Crippen molar-refractivity contribution in [2.45, 2.75) is 50.3 Å². The van der Waals surface area contributed by atoms with Crippen LogP contribution in [0.15, 0.2) is 10.8 Å². The van der Waals surface area contributed by atoms with Crippen LogP contribution in [0.3, 0.4) is 0 Å². The zero-order chi connectivity index (χ0) is 15.3. The topological polar surface area (TPSA) is 93.5 Å². The molecule has 0 radical (unpaired) electrons. The molecule has 22 heavy (non-hydrogen) atoms. The van der Waals surface area contributed by atoms with E-state index in [9.17, 15) is 9.59 Å². The summed E-state index contributed by atoms with van der Waals surface area (Å²) in [5.74, 6) is 0.946. The number of carbonyl (C=O) groups excluding carboxylic acids is 2. The number of oxazole rings is 1. The molecule has 0 spiro atoms. The maximum Gasteiger partial charge on any atom is 0.273 e. The number of fused-ring (bicyclic) bond motifs is 1. The summed E-state index contributed by atoms with van der Waals surface area (Å²) in [4.78, 5) is 27.9. The van der Waals surface area contributed by atoms with Crippen molar-refractivity contribution in [3.63, 3.8) is 0 Å². The minimum atomic E-state index is -0.221. The molecular formula is C15H19N3O4. The van der Waals surface area contributed by atoms with Crippen molar-refractivity contribution >= 4 is 11.8 Å². The van der Waals surface area contributed by atoms with E-state index in [1.54, 1.807) is 0 Å². The van der Waals surface area contributed by atoms with Crippen LogP contribution in [0.25, 0.3) is 0 Å². The Labute approximate surface area is 127 Å². The third-order valence-corrected chi connectivity index (χ3v) is 4.81. The lowest BCUT2D eigenvalue weighted by molar-refractivity contribution is -0.123. The standard InChI is InChI=1S/C15H19N3O4/c1-7(19)17-11-10(9-4-5-21-14(9)11)18-15(20)12-13(8-2-3-8)22-6-16-12/h6,8-11,14H,2-5H2,1H3,(H,17,19)(H,18,20). The molecule has 0 bridgehead atoms. The van der Waals surface area contributed by atoms with Gasteiger partial charge in [-0.1, -0.05) is 0 Å². The normalized spacial score (nSPS) is 33.0. The molecule has 2 aliphatic carbocycles. The second-order valence-electron chi connectivity index (χ2n) is 6.35. The summed E-state index contributed by atoms with van der Waals surface area (Å²) >= 11 is 0. The van der Waals surface area contributed by atoms with E-state index in [2.05, 4.69) is 15.6 Å². The first-order valence-corrected chi connectivity index (χ1v) is 7.78. The molecule has 2 heterocycles. The van der Waals surface area contributed by atoms with Crippen molar-refractivity contribution in [1.29, 1.82) is 0 Å². The highest BCUT2D eigenvalue weighted by atomic mass is 16.5. The third kappa shape index (κ3) is 2.20. The zero-order valence-electron chi connectivity index (χ0n) is 12.4. The maximum absolute atomic E-state index is 12.5. The molecule has 0 aromatic carbocycles. The Bertz CT molecular complexity index is 610. The van der Waals surface area contributed by atoms with E-state index in [-0.39, 0.29) is 35.9 Å². The lowest BCUT2D eigenvalue weighted by Gasteiger charge is -2.47. The number of amides is 2. The van der Waals surface area contributed by atoms with Gasteiger partial charge in [0.05, 0.1) is 18.2 Å². The van der Waals surface area contributed by atoms with Crippen LogP contribution >= 0.6 is 0 Å². The SMILES string of the molecule is CC(=O)NC1C(NC(=O)c2ncoc2C2CC2)C2CCOC21. The molecule has 7 heteroatoms. The van der Waals surface area contributed by atoms with Gasteiger partial charge in [0.2, 0.25) is 5.91 Å². The average molecular weight is 305 g/mol. The summed E-state index contributed by atoms with van der Waals surface area (Å²) in [5.41, 5.74) is 0.381. The highest BCUT2D eigenvalue weighted by molar-refractivity contribution is 5.94. The smallest absolute Gasteiger partial charge is 0.273 e. The van der Waals surface area contributed by atoms with Gasteiger partial charge < -0.3 is 19.8 Å². The van der Waals surface area contributed by atoms with Crippen LogP contribution in [-0.4, -0.2) is 41.6 Å². The van der Waals surface area contributed by atoms with Crippen LogP contribution in [0.4, 0.5) is 0 Å². The van der Waals surface area contributed by atoms with E-state index in [1.807, 2.05) is 0 Å². The molecular weight excluding hydrogens is 286 g/mol. The fourth-order valence-electron chi connectivity index (χ4n) is 3.59. The van der Waals surface area contributed by atoms with Crippen molar-refractivity contribution in [2.75, 3.05) is 6.61 Å². The highest BCUT2D eigenvalue weighted by Crippen LogP contribution is 2.42. The number of hydrogen-bond donors (Lipinski definition) is 2. The molecule has 2 saturated carbocycles. The average Bonchev–Trinajstić information content (AvgIpc) is 3.06. The quantitative estimate of drug-likeness (QED) is 0.848. The first-order chi connectivity index (χ1) is 10.6. The van der Waals surface area contributed by atoms with E-state index in [0.29, 0.717) is 24.0 Å². The predicted octanol–water partition coefficient (Wildman–Crippen LogP) is 0.574. The van der Waals surface area contributed by atoms with Crippen LogP contribution in [0.5, 0.6) is 0 Å². The number of aromatic nitrogens is 1. The fourth-order valence-corrected chi connectivity index (χ4v) is 3.59. The number of nitrogens with zero attached hydrogens (tertiary/aromatic N) is 1. The van der Waals surface area contributed by atoms with Gasteiger partial charge in [-0.2, -0.15) is 0 Å². The van der Waals surface area contributed by atoms with Crippen molar-refractivity contribution in [2.24, 2.45) is 5.92 Å². The number of carbonyl (C=O) groups is 2. The van der Waals surface area contributed by atoms with Gasteiger partial charge in [0.25, 0.3) is 5.91 Å². The van der Waals surface area contributed by atoms with E-state index in [1.165, 1.54) is 13.3 Å². The first-order valence-electron chi connectivity index (χ1n) is 7.78. The predicted molar refractivity (Wildman–Crippen MR) is 75.2 cm³/mol. The Morgan fingerprint density at radius 1 is 1.23 bits per heavy atom. The van der Waals surface area contributed by atoms with Gasteiger partial charge in [0.1, 0.15) is 5.76 Å². The van der Waals surface area contributed by atoms with Crippen LogP contribution in [-0.2, 0) is 9.53 Å². The first kappa shape index (κ1) is 13.8. The number of rotatable bonds is 4. The number of ether oxygens (including phenoxy) is 1. The van der Waals surface area contributed by atoms with Gasteiger partial charge in [-0.3, -0.25) is 9.59 Å². The molecule has 1 saturated heterocycles. The summed E-state index contributed by atoms with van der Waals surface area (Å²) in [6.07, 6.45) is 4.34. The Balaban J connectivity index is 1.48. The monoisotopic (exact) mass is 305 g/mol. The summed E-state index contributed by atoms with van der Waals surface area (Å²) < 4.78 is 11.0. The van der Waals surface area contributed by atoms with Gasteiger partial charge in [-0.05, 0) is 19.3 Å². The molecule has 1 aromatic heterocycles. The number of hydrogen-bond acceptors (Lipinski definition) is 5. The van der Waals surface area contributed by atoms with Crippen molar-refractivity contribution in [3.05, 3.63) is 17.8 Å². The molecule has 3 fully saturated rings. The van der Waals surface area contributed by atoms with Crippen LogP contribution < -0.4 is 10.6 Å². The van der Waals surface area contributed by atoms with Gasteiger partial charge >= 0.3 is 0 Å².